The van der Waals surface area contributed by atoms with Crippen molar-refractivity contribution in [2.75, 3.05) is 18.6 Å². The quantitative estimate of drug-likeness (QED) is 0.483. The number of likely N-dealkylation sites (N-methyl/N-ethyl adjacent to an activating group) is 1. The first-order chi connectivity index (χ1) is 16.4. The number of rotatable bonds is 9. The van der Waals surface area contributed by atoms with Gasteiger partial charge < -0.3 is 9.53 Å². The third-order valence-corrected chi connectivity index (χ3v) is 6.26. The molecule has 8 nitrogen and oxygen atoms in total. The van der Waals surface area contributed by atoms with Crippen molar-refractivity contribution in [2.24, 2.45) is 0 Å². The van der Waals surface area contributed by atoms with Gasteiger partial charge in [0, 0.05) is 19.9 Å². The zero-order valence-electron chi connectivity index (χ0n) is 19.9. The SMILES string of the molecule is CC[C@@H](c1ccccc1)n1c(=O)c(CCCC(C)=O)nc2ccc(N(C)C(=O)C3CCO3)nc21. The number of Topliss-reactive ketones (excluding diaryl/α,β-unsaturated/α-hetero) is 1. The Morgan fingerprint density at radius 3 is 2.53 bits per heavy atom. The Balaban J connectivity index is 1.84. The summed E-state index contributed by atoms with van der Waals surface area (Å²) in [6.07, 6.45) is 2.31. The Bertz CT molecular complexity index is 1250. The van der Waals surface area contributed by atoms with E-state index in [4.69, 9.17) is 9.72 Å². The normalized spacial score (nSPS) is 16.1. The van der Waals surface area contributed by atoms with E-state index in [2.05, 4.69) is 4.98 Å². The van der Waals surface area contributed by atoms with Crippen LogP contribution in [0.3, 0.4) is 0 Å². The van der Waals surface area contributed by atoms with E-state index in [1.165, 1.54) is 4.90 Å². The maximum Gasteiger partial charge on any atom is 0.274 e. The van der Waals surface area contributed by atoms with Crippen molar-refractivity contribution in [3.05, 3.63) is 64.1 Å². The number of aromatic nitrogens is 3. The number of hydrogen-bond acceptors (Lipinski definition) is 6. The largest absolute Gasteiger partial charge is 0.368 e. The predicted octanol–water partition coefficient (Wildman–Crippen LogP) is 3.45. The number of fused-ring (bicyclic) bond motifs is 1. The average Bonchev–Trinajstić information content (AvgIpc) is 2.80. The Kier molecular flexibility index (Phi) is 7.17. The molecule has 3 aromatic rings. The van der Waals surface area contributed by atoms with Crippen LogP contribution in [0.5, 0.6) is 0 Å². The summed E-state index contributed by atoms with van der Waals surface area (Å²) < 4.78 is 7.04. The second-order valence-electron chi connectivity index (χ2n) is 8.68. The zero-order chi connectivity index (χ0) is 24.2. The number of ether oxygens (including phenoxy) is 1. The molecule has 8 heteroatoms. The topological polar surface area (TPSA) is 94.4 Å². The summed E-state index contributed by atoms with van der Waals surface area (Å²) in [4.78, 5) is 48.6. The molecule has 178 valence electrons. The fourth-order valence-electron chi connectivity index (χ4n) is 4.27. The van der Waals surface area contributed by atoms with Gasteiger partial charge in [-0.2, -0.15) is 0 Å². The Labute approximate surface area is 198 Å². The number of pyridine rings is 1. The highest BCUT2D eigenvalue weighted by molar-refractivity contribution is 5.96. The van der Waals surface area contributed by atoms with Crippen LogP contribution < -0.4 is 10.5 Å². The molecule has 0 aliphatic carbocycles. The van der Waals surface area contributed by atoms with Crippen LogP contribution in [0.1, 0.15) is 56.8 Å². The number of carbonyl (C=O) groups is 2. The molecule has 1 saturated heterocycles. The molecular weight excluding hydrogens is 432 g/mol. The van der Waals surface area contributed by atoms with E-state index in [-0.39, 0.29) is 23.3 Å². The highest BCUT2D eigenvalue weighted by Crippen LogP contribution is 2.26. The second-order valence-corrected chi connectivity index (χ2v) is 8.68. The number of benzene rings is 1. The van der Waals surface area contributed by atoms with Crippen LogP contribution in [0.25, 0.3) is 11.2 Å². The predicted molar refractivity (Wildman–Crippen MR) is 130 cm³/mol. The molecule has 1 aliphatic heterocycles. The Hall–Kier alpha value is -3.39. The van der Waals surface area contributed by atoms with E-state index in [1.54, 1.807) is 30.7 Å². The van der Waals surface area contributed by atoms with Crippen molar-refractivity contribution < 1.29 is 14.3 Å². The van der Waals surface area contributed by atoms with Gasteiger partial charge in [0.15, 0.2) is 5.65 Å². The van der Waals surface area contributed by atoms with Crippen LogP contribution in [0.2, 0.25) is 0 Å². The maximum atomic E-state index is 13.7. The number of anilines is 1. The van der Waals surface area contributed by atoms with Crippen molar-refractivity contribution in [3.8, 4) is 0 Å². The van der Waals surface area contributed by atoms with Crippen LogP contribution in [0, 0.1) is 0 Å². The van der Waals surface area contributed by atoms with E-state index in [0.717, 1.165) is 5.56 Å². The monoisotopic (exact) mass is 462 g/mol. The molecule has 1 aromatic carbocycles. The number of hydrogen-bond donors (Lipinski definition) is 0. The number of ketones is 1. The molecule has 2 atom stereocenters. The van der Waals surface area contributed by atoms with Gasteiger partial charge in [0.2, 0.25) is 0 Å². The van der Waals surface area contributed by atoms with Crippen LogP contribution in [0.4, 0.5) is 5.82 Å². The highest BCUT2D eigenvalue weighted by atomic mass is 16.5. The number of amides is 1. The van der Waals surface area contributed by atoms with Crippen molar-refractivity contribution >= 4 is 28.7 Å². The van der Waals surface area contributed by atoms with E-state index >= 15 is 0 Å². The lowest BCUT2D eigenvalue weighted by Gasteiger charge is -2.29. The smallest absolute Gasteiger partial charge is 0.274 e. The Morgan fingerprint density at radius 2 is 1.91 bits per heavy atom. The molecule has 2 aromatic heterocycles. The lowest BCUT2D eigenvalue weighted by atomic mass is 10.0. The molecule has 34 heavy (non-hydrogen) atoms. The van der Waals surface area contributed by atoms with Crippen LogP contribution in [-0.2, 0) is 20.7 Å². The molecule has 0 bridgehead atoms. The molecule has 3 heterocycles. The molecule has 0 radical (unpaired) electrons. The van der Waals surface area contributed by atoms with Gasteiger partial charge in [-0.05, 0) is 43.9 Å². The van der Waals surface area contributed by atoms with Crippen LogP contribution >= 0.6 is 0 Å². The third-order valence-electron chi connectivity index (χ3n) is 6.26. The maximum absolute atomic E-state index is 13.7. The minimum absolute atomic E-state index is 0.0892. The first-order valence-electron chi connectivity index (χ1n) is 11.8. The molecular formula is C26H30N4O4. The molecule has 1 fully saturated rings. The standard InChI is InChI=1S/C26H30N4O4/c1-4-21(18-10-6-5-7-11-18)30-24-19(27-20(25(30)32)12-8-9-17(2)31)13-14-23(28-24)29(3)26(33)22-15-16-34-22/h5-7,10-11,13-14,21-22H,4,8-9,12,15-16H2,1-3H3/t21-,22?/m0/s1. The van der Waals surface area contributed by atoms with E-state index < -0.39 is 6.10 Å². The minimum atomic E-state index is -0.445. The van der Waals surface area contributed by atoms with Gasteiger partial charge >= 0.3 is 0 Å². The summed E-state index contributed by atoms with van der Waals surface area (Å²) in [5.74, 6) is 0.373. The van der Waals surface area contributed by atoms with E-state index in [1.807, 2.05) is 37.3 Å². The summed E-state index contributed by atoms with van der Waals surface area (Å²) in [6.45, 7) is 4.16. The van der Waals surface area contributed by atoms with Gasteiger partial charge in [-0.15, -0.1) is 0 Å². The van der Waals surface area contributed by atoms with Gasteiger partial charge in [0.05, 0.1) is 12.6 Å². The van der Waals surface area contributed by atoms with Gasteiger partial charge in [-0.1, -0.05) is 37.3 Å². The molecule has 0 spiro atoms. The van der Waals surface area contributed by atoms with Gasteiger partial charge in [0.1, 0.15) is 28.9 Å². The second kappa shape index (κ2) is 10.3. The minimum Gasteiger partial charge on any atom is -0.368 e. The molecule has 1 amide bonds. The Morgan fingerprint density at radius 1 is 1.18 bits per heavy atom. The molecule has 0 saturated carbocycles. The lowest BCUT2D eigenvalue weighted by Crippen LogP contribution is -2.44. The van der Waals surface area contributed by atoms with E-state index in [0.29, 0.717) is 61.4 Å². The average molecular weight is 463 g/mol. The van der Waals surface area contributed by atoms with E-state index in [9.17, 15) is 14.4 Å². The van der Waals surface area contributed by atoms with Crippen molar-refractivity contribution in [3.63, 3.8) is 0 Å². The summed E-state index contributed by atoms with van der Waals surface area (Å²) >= 11 is 0. The van der Waals surface area contributed by atoms with Crippen molar-refractivity contribution in [1.29, 1.82) is 0 Å². The molecule has 1 unspecified atom stereocenters. The van der Waals surface area contributed by atoms with Gasteiger partial charge in [0.25, 0.3) is 11.5 Å². The summed E-state index contributed by atoms with van der Waals surface area (Å²) in [5, 5.41) is 0. The van der Waals surface area contributed by atoms with Crippen molar-refractivity contribution in [1.82, 2.24) is 14.5 Å². The molecule has 0 N–H and O–H groups in total. The van der Waals surface area contributed by atoms with Gasteiger partial charge in [-0.25, -0.2) is 9.97 Å². The van der Waals surface area contributed by atoms with Crippen molar-refractivity contribution in [2.45, 2.75) is 58.1 Å². The summed E-state index contributed by atoms with van der Waals surface area (Å²) in [5.41, 5.74) is 2.21. The summed E-state index contributed by atoms with van der Waals surface area (Å²) in [6, 6.07) is 13.1. The van der Waals surface area contributed by atoms with Crippen LogP contribution in [0.15, 0.2) is 47.3 Å². The molecule has 1 aliphatic rings. The lowest BCUT2D eigenvalue weighted by molar-refractivity contribution is -0.141. The third kappa shape index (κ3) is 4.77. The summed E-state index contributed by atoms with van der Waals surface area (Å²) in [7, 11) is 1.67. The fourth-order valence-corrected chi connectivity index (χ4v) is 4.27. The zero-order valence-corrected chi connectivity index (χ0v) is 19.9. The molecule has 4 rings (SSSR count). The number of carbonyl (C=O) groups excluding carboxylic acids is 2. The number of nitrogens with zero attached hydrogens (tertiary/aromatic N) is 4. The first kappa shape index (κ1) is 23.8. The first-order valence-corrected chi connectivity index (χ1v) is 11.8. The van der Waals surface area contributed by atoms with Crippen LogP contribution in [-0.4, -0.2) is 46.0 Å². The highest BCUT2D eigenvalue weighted by Gasteiger charge is 2.30. The number of aryl methyl sites for hydroxylation is 1. The fraction of sp³-hybridized carbons (Fsp3) is 0.423. The van der Waals surface area contributed by atoms with Gasteiger partial charge in [-0.3, -0.25) is 19.1 Å².